The van der Waals surface area contributed by atoms with E-state index in [4.69, 9.17) is 0 Å². The second-order valence-corrected chi connectivity index (χ2v) is 6.77. The normalized spacial score (nSPS) is 29.7. The highest BCUT2D eigenvalue weighted by molar-refractivity contribution is 6.06. The van der Waals surface area contributed by atoms with Crippen LogP contribution in [0.3, 0.4) is 0 Å². The summed E-state index contributed by atoms with van der Waals surface area (Å²) in [4.78, 5) is 42.5. The fourth-order valence-corrected chi connectivity index (χ4v) is 4.23. The van der Waals surface area contributed by atoms with Crippen molar-refractivity contribution in [3.63, 3.8) is 0 Å². The number of hydrogen-bond donors (Lipinski definition) is 2. The van der Waals surface area contributed by atoms with Gasteiger partial charge in [-0.05, 0) is 36.8 Å². The van der Waals surface area contributed by atoms with E-state index >= 15 is 0 Å². The van der Waals surface area contributed by atoms with Gasteiger partial charge in [-0.1, -0.05) is 18.2 Å². The second-order valence-electron chi connectivity index (χ2n) is 6.77. The molecule has 1 aliphatic heterocycles. The zero-order valence-electron chi connectivity index (χ0n) is 13.7. The molecule has 5 rings (SSSR count). The van der Waals surface area contributed by atoms with Gasteiger partial charge in [-0.15, -0.1) is 0 Å². The summed E-state index contributed by atoms with van der Waals surface area (Å²) in [6.45, 7) is 0.429. The number of rotatable bonds is 4. The van der Waals surface area contributed by atoms with Gasteiger partial charge in [0.25, 0.3) is 0 Å². The molecule has 4 aliphatic rings. The highest BCUT2D eigenvalue weighted by Gasteiger charge is 2.56. The number of amides is 4. The molecule has 25 heavy (non-hydrogen) atoms. The Morgan fingerprint density at radius 1 is 1.12 bits per heavy atom. The van der Waals surface area contributed by atoms with E-state index in [9.17, 15) is 14.4 Å². The highest BCUT2D eigenvalue weighted by atomic mass is 16.2. The third kappa shape index (κ3) is 2.79. The first-order chi connectivity index (χ1) is 12.1. The Bertz CT molecular complexity index is 701. The Labute approximate surface area is 145 Å². The zero-order chi connectivity index (χ0) is 17.4. The van der Waals surface area contributed by atoms with Gasteiger partial charge in [0, 0.05) is 19.3 Å². The van der Waals surface area contributed by atoms with Crippen LogP contribution in [-0.4, -0.2) is 40.8 Å². The predicted octanol–water partition coefficient (Wildman–Crippen LogP) is 1.40. The summed E-state index contributed by atoms with van der Waals surface area (Å²) in [5, 5.41) is 5.27. The average Bonchev–Trinajstić information content (AvgIpc) is 2.90. The largest absolute Gasteiger partial charge is 0.336 e. The summed E-state index contributed by atoms with van der Waals surface area (Å²) in [6, 6.07) is 4.81. The topological polar surface area (TPSA) is 91.4 Å². The van der Waals surface area contributed by atoms with Gasteiger partial charge in [-0.3, -0.25) is 19.8 Å². The van der Waals surface area contributed by atoms with Crippen molar-refractivity contribution in [2.24, 2.45) is 23.7 Å². The molecule has 0 spiro atoms. The number of anilines is 1. The number of aromatic nitrogens is 1. The van der Waals surface area contributed by atoms with Gasteiger partial charge in [0.1, 0.15) is 5.82 Å². The van der Waals surface area contributed by atoms with Gasteiger partial charge >= 0.3 is 6.03 Å². The zero-order valence-corrected chi connectivity index (χ0v) is 13.7. The van der Waals surface area contributed by atoms with Crippen LogP contribution in [0.4, 0.5) is 10.6 Å². The van der Waals surface area contributed by atoms with Crippen molar-refractivity contribution in [2.75, 3.05) is 18.4 Å². The van der Waals surface area contributed by atoms with E-state index in [0.717, 1.165) is 12.8 Å². The molecule has 2 bridgehead atoms. The molecule has 1 aromatic rings. The van der Waals surface area contributed by atoms with E-state index in [2.05, 4.69) is 27.8 Å². The van der Waals surface area contributed by atoms with Gasteiger partial charge in [0.15, 0.2) is 0 Å². The minimum Gasteiger partial charge on any atom is -0.336 e. The summed E-state index contributed by atoms with van der Waals surface area (Å²) in [7, 11) is 0. The van der Waals surface area contributed by atoms with Crippen molar-refractivity contribution in [2.45, 2.75) is 12.8 Å². The van der Waals surface area contributed by atoms with Crippen LogP contribution >= 0.6 is 0 Å². The highest BCUT2D eigenvalue weighted by Crippen LogP contribution is 2.49. The van der Waals surface area contributed by atoms with E-state index in [0.29, 0.717) is 5.82 Å². The van der Waals surface area contributed by atoms with E-state index in [1.807, 2.05) is 0 Å². The monoisotopic (exact) mass is 340 g/mol. The van der Waals surface area contributed by atoms with Gasteiger partial charge in [0.2, 0.25) is 11.8 Å². The summed E-state index contributed by atoms with van der Waals surface area (Å²) < 4.78 is 0. The maximum atomic E-state index is 12.6. The van der Waals surface area contributed by atoms with Crippen molar-refractivity contribution in [1.29, 1.82) is 0 Å². The smallest absolute Gasteiger partial charge is 0.320 e. The van der Waals surface area contributed by atoms with Gasteiger partial charge in [-0.2, -0.15) is 0 Å². The molecular formula is C18H20N4O3. The van der Waals surface area contributed by atoms with E-state index in [1.54, 1.807) is 24.4 Å². The molecule has 2 fully saturated rings. The van der Waals surface area contributed by atoms with E-state index in [-0.39, 0.29) is 48.6 Å². The third-order valence-corrected chi connectivity index (χ3v) is 5.38. The molecule has 4 amide bonds. The summed E-state index contributed by atoms with van der Waals surface area (Å²) in [5.74, 6) is 0.273. The van der Waals surface area contributed by atoms with Crippen LogP contribution in [0.2, 0.25) is 0 Å². The van der Waals surface area contributed by atoms with Gasteiger partial charge in [-0.25, -0.2) is 9.78 Å². The molecular weight excluding hydrogens is 320 g/mol. The lowest BCUT2D eigenvalue weighted by Crippen LogP contribution is -2.40. The number of allylic oxidation sites excluding steroid dienone is 2. The Hall–Kier alpha value is -2.70. The molecule has 0 unspecified atom stereocenters. The van der Waals surface area contributed by atoms with Crippen LogP contribution in [0.25, 0.3) is 0 Å². The maximum absolute atomic E-state index is 12.6. The maximum Gasteiger partial charge on any atom is 0.320 e. The number of carbonyl (C=O) groups is 3. The first-order valence-corrected chi connectivity index (χ1v) is 8.64. The summed E-state index contributed by atoms with van der Waals surface area (Å²) in [5.41, 5.74) is 0. The third-order valence-electron chi connectivity index (χ3n) is 5.38. The first kappa shape index (κ1) is 15.8. The van der Waals surface area contributed by atoms with Crippen molar-refractivity contribution in [1.82, 2.24) is 15.2 Å². The summed E-state index contributed by atoms with van der Waals surface area (Å²) >= 11 is 0. The number of likely N-dealkylation sites (tertiary alicyclic amines) is 1. The molecule has 0 radical (unpaired) electrons. The Morgan fingerprint density at radius 2 is 1.80 bits per heavy atom. The lowest BCUT2D eigenvalue weighted by Gasteiger charge is -2.38. The molecule has 0 aromatic carbocycles. The van der Waals surface area contributed by atoms with Gasteiger partial charge < -0.3 is 5.32 Å². The number of imide groups is 1. The molecule has 2 heterocycles. The Kier molecular flexibility index (Phi) is 3.99. The number of urea groups is 1. The Morgan fingerprint density at radius 3 is 2.36 bits per heavy atom. The molecule has 130 valence electrons. The van der Waals surface area contributed by atoms with Crippen molar-refractivity contribution < 1.29 is 14.4 Å². The number of hydrogen-bond acceptors (Lipinski definition) is 4. The van der Waals surface area contributed by atoms with Crippen LogP contribution in [0, 0.1) is 23.7 Å². The predicted molar refractivity (Wildman–Crippen MR) is 90.3 cm³/mol. The van der Waals surface area contributed by atoms with Crippen LogP contribution < -0.4 is 10.6 Å². The molecule has 1 aromatic heterocycles. The van der Waals surface area contributed by atoms with E-state index < -0.39 is 6.03 Å². The lowest BCUT2D eigenvalue weighted by molar-refractivity contribution is -0.140. The molecule has 7 nitrogen and oxygen atoms in total. The molecule has 7 heteroatoms. The minimum absolute atomic E-state index is 0.0824. The van der Waals surface area contributed by atoms with Crippen molar-refractivity contribution >= 4 is 23.7 Å². The molecule has 2 N–H and O–H groups in total. The Balaban J connectivity index is 1.32. The fraction of sp³-hybridized carbons (Fsp3) is 0.444. The fourth-order valence-electron chi connectivity index (χ4n) is 4.23. The lowest BCUT2D eigenvalue weighted by atomic mass is 9.63. The van der Waals surface area contributed by atoms with Crippen LogP contribution in [-0.2, 0) is 9.59 Å². The standard InChI is InChI=1S/C18H20N4O3/c23-16-14-11-4-5-12(7-6-11)15(14)17(24)22(16)10-9-20-18(25)21-13-3-1-2-8-19-13/h1-5,8,11-12,14-15H,6-7,9-10H2,(H2,19,20,21,25)/t11-,12-,14-,15+/m0/s1. The molecule has 1 saturated heterocycles. The number of nitrogens with one attached hydrogen (secondary N) is 2. The number of carbonyl (C=O) groups excluding carboxylic acids is 3. The number of pyridine rings is 1. The quantitative estimate of drug-likeness (QED) is 0.640. The SMILES string of the molecule is O=C(NCCN1C(=O)[C@@H]2[C@H](C1=O)[C@H]1C=C[C@H]2CC1)Nc1ccccn1. The molecule has 1 saturated carbocycles. The number of fused-ring (bicyclic) bond motifs is 1. The molecule has 3 aliphatic carbocycles. The molecule has 4 atom stereocenters. The van der Waals surface area contributed by atoms with Crippen molar-refractivity contribution in [3.8, 4) is 0 Å². The second kappa shape index (κ2) is 6.31. The number of nitrogens with zero attached hydrogens (tertiary/aromatic N) is 2. The van der Waals surface area contributed by atoms with E-state index in [1.165, 1.54) is 4.90 Å². The first-order valence-electron chi connectivity index (χ1n) is 8.64. The minimum atomic E-state index is -0.406. The van der Waals surface area contributed by atoms with Crippen LogP contribution in [0.5, 0.6) is 0 Å². The van der Waals surface area contributed by atoms with Crippen LogP contribution in [0.15, 0.2) is 36.5 Å². The van der Waals surface area contributed by atoms with Gasteiger partial charge in [0.05, 0.1) is 11.8 Å². The average molecular weight is 340 g/mol. The summed E-state index contributed by atoms with van der Waals surface area (Å²) in [6.07, 6.45) is 7.76. The van der Waals surface area contributed by atoms with Crippen molar-refractivity contribution in [3.05, 3.63) is 36.5 Å². The van der Waals surface area contributed by atoms with Crippen LogP contribution in [0.1, 0.15) is 12.8 Å².